The molecule has 32 heavy (non-hydrogen) atoms. The summed E-state index contributed by atoms with van der Waals surface area (Å²) in [5, 5.41) is 20.7. The molecule has 0 bridgehead atoms. The van der Waals surface area contributed by atoms with Crippen molar-refractivity contribution in [2.45, 2.75) is 50.9 Å². The SMILES string of the molecule is CCCC(c1ccc([N+](=O)[O-])cc1N1CCCCC1)C(C(N)=O)c1ccc(C(=O)O)cc1. The number of non-ortho nitro benzene ring substituents is 1. The number of nitrogens with two attached hydrogens (primary N) is 1. The molecule has 0 aromatic heterocycles. The van der Waals surface area contributed by atoms with Crippen molar-refractivity contribution in [3.05, 3.63) is 69.3 Å². The molecule has 1 amide bonds. The van der Waals surface area contributed by atoms with Gasteiger partial charge in [-0.2, -0.15) is 0 Å². The van der Waals surface area contributed by atoms with Crippen LogP contribution in [0, 0.1) is 10.1 Å². The Morgan fingerprint density at radius 3 is 2.31 bits per heavy atom. The molecule has 2 unspecified atom stereocenters. The molecule has 0 aliphatic carbocycles. The van der Waals surface area contributed by atoms with E-state index in [1.54, 1.807) is 24.3 Å². The Balaban J connectivity index is 2.11. The third kappa shape index (κ3) is 5.07. The van der Waals surface area contributed by atoms with Gasteiger partial charge in [0.05, 0.1) is 16.4 Å². The number of nitrogens with zero attached hydrogens (tertiary/aromatic N) is 2. The first-order valence-corrected chi connectivity index (χ1v) is 11.0. The fraction of sp³-hybridized carbons (Fsp3) is 0.417. The summed E-state index contributed by atoms with van der Waals surface area (Å²) in [5.41, 5.74) is 8.31. The number of hydrogen-bond donors (Lipinski definition) is 2. The van der Waals surface area contributed by atoms with E-state index in [2.05, 4.69) is 4.90 Å². The van der Waals surface area contributed by atoms with Crippen molar-refractivity contribution in [2.24, 2.45) is 5.73 Å². The monoisotopic (exact) mass is 439 g/mol. The molecule has 1 heterocycles. The number of anilines is 1. The number of nitro groups is 1. The van der Waals surface area contributed by atoms with Crippen LogP contribution in [0.5, 0.6) is 0 Å². The second-order valence-corrected chi connectivity index (χ2v) is 8.25. The molecular formula is C24H29N3O5. The fourth-order valence-electron chi connectivity index (χ4n) is 4.61. The van der Waals surface area contributed by atoms with E-state index in [1.165, 1.54) is 18.2 Å². The van der Waals surface area contributed by atoms with E-state index in [4.69, 9.17) is 5.73 Å². The zero-order chi connectivity index (χ0) is 23.3. The van der Waals surface area contributed by atoms with Crippen LogP contribution >= 0.6 is 0 Å². The summed E-state index contributed by atoms with van der Waals surface area (Å²) >= 11 is 0. The van der Waals surface area contributed by atoms with E-state index in [1.807, 2.05) is 6.92 Å². The van der Waals surface area contributed by atoms with E-state index in [9.17, 15) is 24.8 Å². The third-order valence-electron chi connectivity index (χ3n) is 6.15. The van der Waals surface area contributed by atoms with Crippen molar-refractivity contribution in [1.82, 2.24) is 0 Å². The highest BCUT2D eigenvalue weighted by Gasteiger charge is 2.32. The number of aromatic carboxylic acids is 1. The summed E-state index contributed by atoms with van der Waals surface area (Å²) in [6.07, 6.45) is 4.59. The van der Waals surface area contributed by atoms with E-state index in [0.717, 1.165) is 50.0 Å². The zero-order valence-corrected chi connectivity index (χ0v) is 18.2. The first kappa shape index (κ1) is 23.2. The summed E-state index contributed by atoms with van der Waals surface area (Å²) in [7, 11) is 0. The average Bonchev–Trinajstić information content (AvgIpc) is 2.79. The average molecular weight is 440 g/mol. The number of carboxylic acids is 1. The summed E-state index contributed by atoms with van der Waals surface area (Å²) in [5.74, 6) is -2.51. The summed E-state index contributed by atoms with van der Waals surface area (Å²) < 4.78 is 0. The largest absolute Gasteiger partial charge is 0.478 e. The van der Waals surface area contributed by atoms with Gasteiger partial charge in [0.25, 0.3) is 5.69 Å². The maximum absolute atomic E-state index is 12.7. The number of primary amides is 1. The highest BCUT2D eigenvalue weighted by Crippen LogP contribution is 2.42. The van der Waals surface area contributed by atoms with Crippen molar-refractivity contribution in [3.8, 4) is 0 Å². The zero-order valence-electron chi connectivity index (χ0n) is 18.2. The number of piperidine rings is 1. The van der Waals surface area contributed by atoms with Gasteiger partial charge in [-0.1, -0.05) is 25.5 Å². The number of rotatable bonds is 9. The normalized spacial score (nSPS) is 15.7. The Morgan fingerprint density at radius 2 is 1.78 bits per heavy atom. The van der Waals surface area contributed by atoms with Gasteiger partial charge in [0.1, 0.15) is 0 Å². The van der Waals surface area contributed by atoms with Gasteiger partial charge in [0.15, 0.2) is 0 Å². The minimum atomic E-state index is -1.04. The quantitative estimate of drug-likeness (QED) is 0.439. The maximum Gasteiger partial charge on any atom is 0.335 e. The molecule has 3 N–H and O–H groups in total. The van der Waals surface area contributed by atoms with Gasteiger partial charge in [0, 0.05) is 36.8 Å². The van der Waals surface area contributed by atoms with Gasteiger partial charge in [-0.25, -0.2) is 4.79 Å². The number of benzene rings is 2. The smallest absolute Gasteiger partial charge is 0.335 e. The molecule has 1 aliphatic rings. The van der Waals surface area contributed by atoms with E-state index >= 15 is 0 Å². The lowest BCUT2D eigenvalue weighted by Gasteiger charge is -2.34. The number of amides is 1. The van der Waals surface area contributed by atoms with Crippen LogP contribution in [0.25, 0.3) is 0 Å². The topological polar surface area (TPSA) is 127 Å². The van der Waals surface area contributed by atoms with Crippen LogP contribution in [0.3, 0.4) is 0 Å². The van der Waals surface area contributed by atoms with Crippen molar-refractivity contribution in [3.63, 3.8) is 0 Å². The van der Waals surface area contributed by atoms with E-state index in [0.29, 0.717) is 12.0 Å². The van der Waals surface area contributed by atoms with Crippen LogP contribution < -0.4 is 10.6 Å². The number of carboxylic acid groups (broad SMARTS) is 1. The second kappa shape index (κ2) is 10.3. The molecule has 1 fully saturated rings. The lowest BCUT2D eigenvalue weighted by Crippen LogP contribution is -2.32. The van der Waals surface area contributed by atoms with Gasteiger partial charge in [-0.15, -0.1) is 0 Å². The minimum absolute atomic E-state index is 0.0195. The number of carbonyl (C=O) groups excluding carboxylic acids is 1. The molecule has 0 saturated carbocycles. The molecule has 1 saturated heterocycles. The predicted octanol–water partition coefficient (Wildman–Crippen LogP) is 4.44. The molecule has 170 valence electrons. The molecule has 1 aliphatic heterocycles. The molecule has 2 atom stereocenters. The summed E-state index contributed by atoms with van der Waals surface area (Å²) in [6, 6.07) is 11.0. The molecule has 2 aromatic carbocycles. The van der Waals surface area contributed by atoms with Gasteiger partial charge < -0.3 is 15.7 Å². The number of carbonyl (C=O) groups is 2. The van der Waals surface area contributed by atoms with Crippen molar-refractivity contribution in [2.75, 3.05) is 18.0 Å². The first-order chi connectivity index (χ1) is 15.3. The Labute approximate surface area is 187 Å². The van der Waals surface area contributed by atoms with Gasteiger partial charge in [-0.3, -0.25) is 14.9 Å². The summed E-state index contributed by atoms with van der Waals surface area (Å²) in [4.78, 5) is 37.1. The Kier molecular flexibility index (Phi) is 7.45. The highest BCUT2D eigenvalue weighted by molar-refractivity contribution is 5.88. The predicted molar refractivity (Wildman–Crippen MR) is 122 cm³/mol. The van der Waals surface area contributed by atoms with Crippen molar-refractivity contribution in [1.29, 1.82) is 0 Å². The van der Waals surface area contributed by atoms with E-state index < -0.39 is 22.7 Å². The van der Waals surface area contributed by atoms with Crippen molar-refractivity contribution >= 4 is 23.3 Å². The molecule has 2 aromatic rings. The minimum Gasteiger partial charge on any atom is -0.478 e. The standard InChI is InChI=1S/C24H29N3O5/c1-2-6-20(22(23(25)28)16-7-9-17(10-8-16)24(29)30)19-12-11-18(27(31)32)15-21(19)26-13-4-3-5-14-26/h7-12,15,20,22H,2-6,13-14H2,1H3,(H2,25,28)(H,29,30). The fourth-order valence-corrected chi connectivity index (χ4v) is 4.61. The Hall–Kier alpha value is -3.42. The molecule has 8 nitrogen and oxygen atoms in total. The van der Waals surface area contributed by atoms with E-state index in [-0.39, 0.29) is 17.2 Å². The third-order valence-corrected chi connectivity index (χ3v) is 6.15. The Morgan fingerprint density at radius 1 is 1.12 bits per heavy atom. The van der Waals surface area contributed by atoms with Crippen LogP contribution in [0.2, 0.25) is 0 Å². The van der Waals surface area contributed by atoms with Crippen LogP contribution in [0.15, 0.2) is 42.5 Å². The number of hydrogen-bond acceptors (Lipinski definition) is 5. The van der Waals surface area contributed by atoms with Crippen molar-refractivity contribution < 1.29 is 19.6 Å². The number of nitro benzene ring substituents is 1. The van der Waals surface area contributed by atoms with Crippen LogP contribution in [0.4, 0.5) is 11.4 Å². The highest BCUT2D eigenvalue weighted by atomic mass is 16.6. The Bertz CT molecular complexity index is 984. The van der Waals surface area contributed by atoms with Crippen LogP contribution in [-0.2, 0) is 4.79 Å². The van der Waals surface area contributed by atoms with Crippen LogP contribution in [0.1, 0.15) is 72.3 Å². The summed E-state index contributed by atoms with van der Waals surface area (Å²) in [6.45, 7) is 3.63. The first-order valence-electron chi connectivity index (χ1n) is 11.0. The van der Waals surface area contributed by atoms with Gasteiger partial charge in [-0.05, 0) is 55.0 Å². The molecule has 0 spiro atoms. The van der Waals surface area contributed by atoms with Gasteiger partial charge in [0.2, 0.25) is 5.91 Å². The molecule has 8 heteroatoms. The molecular weight excluding hydrogens is 410 g/mol. The lowest BCUT2D eigenvalue weighted by molar-refractivity contribution is -0.384. The second-order valence-electron chi connectivity index (χ2n) is 8.25. The molecule has 0 radical (unpaired) electrons. The lowest BCUT2D eigenvalue weighted by atomic mass is 9.77. The van der Waals surface area contributed by atoms with Crippen LogP contribution in [-0.4, -0.2) is 35.0 Å². The van der Waals surface area contributed by atoms with Gasteiger partial charge >= 0.3 is 5.97 Å². The maximum atomic E-state index is 12.7. The molecule has 3 rings (SSSR count).